The second-order valence-electron chi connectivity index (χ2n) is 12.5. The van der Waals surface area contributed by atoms with Gasteiger partial charge in [-0.3, -0.25) is 14.4 Å². The summed E-state index contributed by atoms with van der Waals surface area (Å²) in [5.74, 6) is 0.523. The third kappa shape index (κ3) is 6.38. The molecule has 8 heteroatoms. The third-order valence-corrected chi connectivity index (χ3v) is 8.70. The van der Waals surface area contributed by atoms with Crippen molar-refractivity contribution in [3.05, 3.63) is 95.6 Å². The Morgan fingerprint density at radius 3 is 2.21 bits per heavy atom. The molecule has 0 aliphatic carbocycles. The number of para-hydroxylation sites is 2. The summed E-state index contributed by atoms with van der Waals surface area (Å²) < 4.78 is 5.41. The second-order valence-corrected chi connectivity index (χ2v) is 12.5. The first-order chi connectivity index (χ1) is 20.6. The SMILES string of the molecule is COc1ccccc1CCNC(=O)CN1CN(c2ccccc2)C2(CCN(C(=O)c3ccc(C(C)(C)C)cc3)CC2)C1=O. The Labute approximate surface area is 254 Å². The number of carbonyl (C=O) groups excluding carboxylic acids is 3. The molecule has 0 aromatic heterocycles. The predicted molar refractivity (Wildman–Crippen MR) is 168 cm³/mol. The van der Waals surface area contributed by atoms with Crippen LogP contribution >= 0.6 is 0 Å². The van der Waals surface area contributed by atoms with E-state index in [1.807, 2.05) is 83.8 Å². The van der Waals surface area contributed by atoms with Gasteiger partial charge in [0.2, 0.25) is 5.91 Å². The lowest BCUT2D eigenvalue weighted by Crippen LogP contribution is -2.57. The molecule has 0 radical (unpaired) electrons. The van der Waals surface area contributed by atoms with E-state index in [1.165, 1.54) is 5.56 Å². The first kappa shape index (κ1) is 30.1. The summed E-state index contributed by atoms with van der Waals surface area (Å²) in [6, 6.07) is 25.5. The van der Waals surface area contributed by atoms with Crippen LogP contribution in [-0.4, -0.2) is 73.0 Å². The van der Waals surface area contributed by atoms with Gasteiger partial charge in [0.05, 0.1) is 13.8 Å². The molecule has 2 heterocycles. The number of nitrogens with one attached hydrogen (secondary N) is 1. The average molecular weight is 583 g/mol. The minimum atomic E-state index is -0.800. The Balaban J connectivity index is 1.25. The van der Waals surface area contributed by atoms with Crippen LogP contribution in [0.3, 0.4) is 0 Å². The first-order valence-electron chi connectivity index (χ1n) is 15.0. The minimum absolute atomic E-state index is 0.0149. The van der Waals surface area contributed by atoms with Crippen LogP contribution < -0.4 is 15.0 Å². The first-order valence-corrected chi connectivity index (χ1v) is 15.0. The van der Waals surface area contributed by atoms with E-state index in [9.17, 15) is 14.4 Å². The van der Waals surface area contributed by atoms with Gasteiger partial charge in [-0.15, -0.1) is 0 Å². The van der Waals surface area contributed by atoms with Crippen LogP contribution in [0.25, 0.3) is 0 Å². The zero-order valence-electron chi connectivity index (χ0n) is 25.6. The van der Waals surface area contributed by atoms with Crippen molar-refractivity contribution >= 4 is 23.4 Å². The van der Waals surface area contributed by atoms with Crippen molar-refractivity contribution in [2.75, 3.05) is 44.9 Å². The molecule has 2 aliphatic heterocycles. The standard InChI is InChI=1S/C35H42N4O4/c1-34(2,3)28-16-14-27(15-17-28)32(41)37-22-19-35(20-23-37)33(42)38(25-39(35)29-11-6-5-7-12-29)24-31(40)36-21-18-26-10-8-9-13-30(26)43-4/h5-17H,18-25H2,1-4H3,(H,36,40). The molecule has 0 saturated carbocycles. The normalized spacial score (nSPS) is 16.5. The van der Waals surface area contributed by atoms with Gasteiger partial charge in [-0.2, -0.15) is 0 Å². The van der Waals surface area contributed by atoms with Gasteiger partial charge in [-0.05, 0) is 66.1 Å². The summed E-state index contributed by atoms with van der Waals surface area (Å²) in [6.45, 7) is 8.15. The number of piperidine rings is 1. The number of benzene rings is 3. The van der Waals surface area contributed by atoms with E-state index in [2.05, 4.69) is 31.0 Å². The molecule has 0 atom stereocenters. The van der Waals surface area contributed by atoms with E-state index in [1.54, 1.807) is 12.0 Å². The number of anilines is 1. The Bertz CT molecular complexity index is 1440. The molecule has 3 aromatic rings. The summed E-state index contributed by atoms with van der Waals surface area (Å²) in [5, 5.41) is 2.97. The highest BCUT2D eigenvalue weighted by Gasteiger charge is 2.54. The Morgan fingerprint density at radius 2 is 1.56 bits per heavy atom. The highest BCUT2D eigenvalue weighted by molar-refractivity contribution is 5.97. The zero-order chi connectivity index (χ0) is 30.6. The summed E-state index contributed by atoms with van der Waals surface area (Å²) in [4.78, 5) is 46.0. The molecule has 8 nitrogen and oxygen atoms in total. The number of hydrogen-bond acceptors (Lipinski definition) is 5. The molecule has 0 bridgehead atoms. The third-order valence-electron chi connectivity index (χ3n) is 8.70. The van der Waals surface area contributed by atoms with E-state index in [0.29, 0.717) is 51.1 Å². The number of carbonyl (C=O) groups is 3. The number of nitrogens with zero attached hydrogens (tertiary/aromatic N) is 3. The fourth-order valence-corrected chi connectivity index (χ4v) is 6.17. The van der Waals surface area contributed by atoms with Gasteiger partial charge >= 0.3 is 0 Å². The molecule has 5 rings (SSSR count). The molecule has 1 spiro atoms. The van der Waals surface area contributed by atoms with E-state index in [-0.39, 0.29) is 29.7 Å². The van der Waals surface area contributed by atoms with Crippen LogP contribution in [0.4, 0.5) is 5.69 Å². The lowest BCUT2D eigenvalue weighted by molar-refractivity contribution is -0.137. The van der Waals surface area contributed by atoms with Crippen molar-refractivity contribution in [2.24, 2.45) is 0 Å². The summed E-state index contributed by atoms with van der Waals surface area (Å²) >= 11 is 0. The van der Waals surface area contributed by atoms with Gasteiger partial charge in [0.15, 0.2) is 0 Å². The molecule has 43 heavy (non-hydrogen) atoms. The number of amides is 3. The van der Waals surface area contributed by atoms with Crippen LogP contribution in [0.15, 0.2) is 78.9 Å². The molecule has 226 valence electrons. The maximum absolute atomic E-state index is 14.0. The Hall–Kier alpha value is -4.33. The van der Waals surface area contributed by atoms with Gasteiger partial charge < -0.3 is 24.8 Å². The summed E-state index contributed by atoms with van der Waals surface area (Å²) in [7, 11) is 1.63. The van der Waals surface area contributed by atoms with Crippen LogP contribution in [0, 0.1) is 0 Å². The monoisotopic (exact) mass is 582 g/mol. The highest BCUT2D eigenvalue weighted by atomic mass is 16.5. The van der Waals surface area contributed by atoms with Crippen molar-refractivity contribution in [2.45, 2.75) is 51.0 Å². The van der Waals surface area contributed by atoms with Crippen molar-refractivity contribution in [1.82, 2.24) is 15.1 Å². The quantitative estimate of drug-likeness (QED) is 0.419. The molecule has 2 fully saturated rings. The predicted octanol–water partition coefficient (Wildman–Crippen LogP) is 4.63. The molecule has 0 unspecified atom stereocenters. The summed E-state index contributed by atoms with van der Waals surface area (Å²) in [5.41, 5.74) is 3.01. The zero-order valence-corrected chi connectivity index (χ0v) is 25.6. The largest absolute Gasteiger partial charge is 0.496 e. The van der Waals surface area contributed by atoms with E-state index in [0.717, 1.165) is 17.0 Å². The Kier molecular flexibility index (Phi) is 8.76. The molecule has 2 saturated heterocycles. The fraction of sp³-hybridized carbons (Fsp3) is 0.400. The van der Waals surface area contributed by atoms with Gasteiger partial charge in [-0.25, -0.2) is 0 Å². The van der Waals surface area contributed by atoms with Crippen LogP contribution in [0.2, 0.25) is 0 Å². The molecule has 2 aliphatic rings. The van der Waals surface area contributed by atoms with Crippen LogP contribution in [-0.2, 0) is 21.4 Å². The fourth-order valence-electron chi connectivity index (χ4n) is 6.17. The second kappa shape index (κ2) is 12.5. The number of likely N-dealkylation sites (tertiary alicyclic amines) is 1. The lowest BCUT2D eigenvalue weighted by Gasteiger charge is -2.43. The Morgan fingerprint density at radius 1 is 0.907 bits per heavy atom. The van der Waals surface area contributed by atoms with Crippen molar-refractivity contribution in [1.29, 1.82) is 0 Å². The number of rotatable bonds is 8. The smallest absolute Gasteiger partial charge is 0.253 e. The van der Waals surface area contributed by atoms with Crippen molar-refractivity contribution in [3.8, 4) is 5.75 Å². The molecular formula is C35H42N4O4. The average Bonchev–Trinajstić information content (AvgIpc) is 3.27. The van der Waals surface area contributed by atoms with Crippen LogP contribution in [0.1, 0.15) is 55.1 Å². The topological polar surface area (TPSA) is 82.2 Å². The molecule has 3 amide bonds. The van der Waals surface area contributed by atoms with Crippen molar-refractivity contribution in [3.63, 3.8) is 0 Å². The van der Waals surface area contributed by atoms with Gasteiger partial charge in [0.1, 0.15) is 17.8 Å². The van der Waals surface area contributed by atoms with Gasteiger partial charge in [-0.1, -0.05) is 69.3 Å². The highest BCUT2D eigenvalue weighted by Crippen LogP contribution is 2.39. The molecule has 3 aromatic carbocycles. The van der Waals surface area contributed by atoms with E-state index < -0.39 is 5.54 Å². The number of hydrogen-bond donors (Lipinski definition) is 1. The maximum atomic E-state index is 14.0. The van der Waals surface area contributed by atoms with Crippen LogP contribution in [0.5, 0.6) is 5.75 Å². The molecule has 1 N–H and O–H groups in total. The minimum Gasteiger partial charge on any atom is -0.496 e. The van der Waals surface area contributed by atoms with Crippen molar-refractivity contribution < 1.29 is 19.1 Å². The van der Waals surface area contributed by atoms with Gasteiger partial charge in [0, 0.05) is 30.9 Å². The van der Waals surface area contributed by atoms with Gasteiger partial charge in [0.25, 0.3) is 11.8 Å². The maximum Gasteiger partial charge on any atom is 0.253 e. The molecular weight excluding hydrogens is 540 g/mol. The number of ether oxygens (including phenoxy) is 1. The lowest BCUT2D eigenvalue weighted by atomic mass is 9.84. The van der Waals surface area contributed by atoms with E-state index in [4.69, 9.17) is 4.74 Å². The van der Waals surface area contributed by atoms with E-state index >= 15 is 0 Å². The number of methoxy groups -OCH3 is 1. The summed E-state index contributed by atoms with van der Waals surface area (Å²) in [6.07, 6.45) is 1.63.